The number of nitrogens with two attached hydrogens (primary N) is 1. The number of thiocarbonyl (C=S) groups is 1. The fourth-order valence-electron chi connectivity index (χ4n) is 2.24. The van der Waals surface area contributed by atoms with Gasteiger partial charge in [-0.2, -0.15) is 0 Å². The van der Waals surface area contributed by atoms with Gasteiger partial charge in [-0.25, -0.2) is 0 Å². The Kier molecular flexibility index (Phi) is 4.69. The molecule has 0 aliphatic rings. The molecule has 0 atom stereocenters. The van der Waals surface area contributed by atoms with Crippen LogP contribution in [0.1, 0.15) is 30.7 Å². The Balaban J connectivity index is 2.47. The van der Waals surface area contributed by atoms with E-state index < -0.39 is 0 Å². The molecule has 20 heavy (non-hydrogen) atoms. The van der Waals surface area contributed by atoms with Crippen LogP contribution >= 0.6 is 12.2 Å². The molecular formula is C16H19N3S. The van der Waals surface area contributed by atoms with E-state index in [-0.39, 0.29) is 0 Å². The summed E-state index contributed by atoms with van der Waals surface area (Å²) in [4.78, 5) is 4.56. The van der Waals surface area contributed by atoms with Crippen molar-refractivity contribution in [3.8, 4) is 0 Å². The molecule has 2 rings (SSSR count). The predicted molar refractivity (Wildman–Crippen MR) is 88.6 cm³/mol. The Bertz CT molecular complexity index is 601. The minimum absolute atomic E-state index is 0.306. The van der Waals surface area contributed by atoms with E-state index in [4.69, 9.17) is 18.0 Å². The normalized spacial score (nSPS) is 10.3. The molecule has 0 fully saturated rings. The Morgan fingerprint density at radius 3 is 2.35 bits per heavy atom. The number of aromatic nitrogens is 1. The van der Waals surface area contributed by atoms with Crippen molar-refractivity contribution in [1.29, 1.82) is 0 Å². The second kappa shape index (κ2) is 6.48. The number of rotatable bonds is 5. The molecule has 0 spiro atoms. The lowest BCUT2D eigenvalue weighted by Gasteiger charge is -2.17. The molecule has 3 nitrogen and oxygen atoms in total. The third-order valence-corrected chi connectivity index (χ3v) is 3.49. The van der Waals surface area contributed by atoms with Gasteiger partial charge in [0.05, 0.1) is 5.69 Å². The van der Waals surface area contributed by atoms with Gasteiger partial charge in [0.2, 0.25) is 0 Å². The highest BCUT2D eigenvalue weighted by Crippen LogP contribution is 2.27. The lowest BCUT2D eigenvalue weighted by molar-refractivity contribution is 1.09. The summed E-state index contributed by atoms with van der Waals surface area (Å²) in [5, 5.41) is 3.46. The van der Waals surface area contributed by atoms with Gasteiger partial charge in [-0.05, 0) is 36.1 Å². The third kappa shape index (κ3) is 2.96. The Morgan fingerprint density at radius 2 is 1.80 bits per heavy atom. The van der Waals surface area contributed by atoms with Crippen molar-refractivity contribution in [1.82, 2.24) is 4.98 Å². The van der Waals surface area contributed by atoms with Crippen molar-refractivity contribution in [2.75, 3.05) is 5.32 Å². The van der Waals surface area contributed by atoms with Gasteiger partial charge >= 0.3 is 0 Å². The highest BCUT2D eigenvalue weighted by atomic mass is 32.1. The summed E-state index contributed by atoms with van der Waals surface area (Å²) < 4.78 is 0. The molecule has 0 saturated heterocycles. The zero-order valence-corrected chi connectivity index (χ0v) is 12.6. The second-order valence-corrected chi connectivity index (χ2v) is 4.99. The van der Waals surface area contributed by atoms with E-state index >= 15 is 0 Å². The van der Waals surface area contributed by atoms with Gasteiger partial charge in [0.25, 0.3) is 0 Å². The maximum Gasteiger partial charge on any atom is 0.124 e. The first-order valence-corrected chi connectivity index (χ1v) is 7.20. The molecule has 3 N–H and O–H groups in total. The highest BCUT2D eigenvalue weighted by Gasteiger charge is 2.10. The van der Waals surface area contributed by atoms with E-state index in [2.05, 4.69) is 42.3 Å². The van der Waals surface area contributed by atoms with Crippen LogP contribution in [0.3, 0.4) is 0 Å². The maximum atomic E-state index is 5.74. The third-order valence-electron chi connectivity index (χ3n) is 3.30. The zero-order valence-electron chi connectivity index (χ0n) is 11.8. The number of hydrogen-bond donors (Lipinski definition) is 2. The molecule has 1 heterocycles. The smallest absolute Gasteiger partial charge is 0.124 e. The van der Waals surface area contributed by atoms with Crippen LogP contribution in [0.15, 0.2) is 36.5 Å². The van der Waals surface area contributed by atoms with Gasteiger partial charge in [0.15, 0.2) is 0 Å². The molecule has 0 saturated carbocycles. The number of nitrogens with zero attached hydrogens (tertiary/aromatic N) is 1. The SMILES string of the molecule is CCc1cccc(CC)c1Nc1cccnc1C(N)=S. The first kappa shape index (κ1) is 14.5. The van der Waals surface area contributed by atoms with E-state index in [1.807, 2.05) is 12.1 Å². The number of nitrogens with one attached hydrogen (secondary N) is 1. The molecule has 0 aliphatic heterocycles. The summed E-state index contributed by atoms with van der Waals surface area (Å²) in [6.07, 6.45) is 3.64. The van der Waals surface area contributed by atoms with Crippen molar-refractivity contribution in [2.45, 2.75) is 26.7 Å². The van der Waals surface area contributed by atoms with Crippen molar-refractivity contribution in [3.63, 3.8) is 0 Å². The standard InChI is InChI=1S/C16H19N3S/c1-3-11-7-5-8-12(4-2)14(11)19-13-9-6-10-18-15(13)16(17)20/h5-10,19H,3-4H2,1-2H3,(H2,17,20). The van der Waals surface area contributed by atoms with Gasteiger partial charge in [-0.15, -0.1) is 0 Å². The predicted octanol–water partition coefficient (Wildman–Crippen LogP) is 3.58. The minimum Gasteiger partial charge on any atom is -0.388 e. The molecule has 1 aromatic carbocycles. The maximum absolute atomic E-state index is 5.74. The van der Waals surface area contributed by atoms with Crippen LogP contribution in [0, 0.1) is 0 Å². The molecule has 0 bridgehead atoms. The number of anilines is 2. The van der Waals surface area contributed by atoms with E-state index in [0.717, 1.165) is 24.2 Å². The van der Waals surface area contributed by atoms with Crippen LogP contribution in [0.4, 0.5) is 11.4 Å². The summed E-state index contributed by atoms with van der Waals surface area (Å²) in [6, 6.07) is 10.2. The molecule has 104 valence electrons. The first-order chi connectivity index (χ1) is 9.67. The summed E-state index contributed by atoms with van der Waals surface area (Å²) >= 11 is 5.06. The summed E-state index contributed by atoms with van der Waals surface area (Å²) in [6.45, 7) is 4.30. The average molecular weight is 285 g/mol. The fourth-order valence-corrected chi connectivity index (χ4v) is 2.40. The topological polar surface area (TPSA) is 50.9 Å². The lowest BCUT2D eigenvalue weighted by atomic mass is 10.0. The van der Waals surface area contributed by atoms with Crippen LogP contribution in [-0.4, -0.2) is 9.97 Å². The largest absolute Gasteiger partial charge is 0.388 e. The molecule has 0 amide bonds. The van der Waals surface area contributed by atoms with Crippen LogP contribution in [0.25, 0.3) is 0 Å². The number of pyridine rings is 1. The highest BCUT2D eigenvalue weighted by molar-refractivity contribution is 7.80. The van der Waals surface area contributed by atoms with Crippen LogP contribution in [-0.2, 0) is 12.8 Å². The fraction of sp³-hybridized carbons (Fsp3) is 0.250. The van der Waals surface area contributed by atoms with Gasteiger partial charge in [-0.1, -0.05) is 44.3 Å². The van der Waals surface area contributed by atoms with Crippen LogP contribution in [0.5, 0.6) is 0 Å². The Morgan fingerprint density at radius 1 is 1.15 bits per heavy atom. The monoisotopic (exact) mass is 285 g/mol. The second-order valence-electron chi connectivity index (χ2n) is 4.55. The van der Waals surface area contributed by atoms with Crippen molar-refractivity contribution in [3.05, 3.63) is 53.3 Å². The van der Waals surface area contributed by atoms with E-state index in [0.29, 0.717) is 10.7 Å². The summed E-state index contributed by atoms with van der Waals surface area (Å²) in [5.41, 5.74) is 10.9. The average Bonchev–Trinajstić information content (AvgIpc) is 2.47. The molecule has 1 aromatic heterocycles. The number of aryl methyl sites for hydroxylation is 2. The Labute approximate surface area is 125 Å². The molecule has 0 aliphatic carbocycles. The Hall–Kier alpha value is -1.94. The van der Waals surface area contributed by atoms with Crippen molar-refractivity contribution < 1.29 is 0 Å². The molecule has 0 unspecified atom stereocenters. The number of hydrogen-bond acceptors (Lipinski definition) is 3. The summed E-state index contributed by atoms with van der Waals surface area (Å²) in [7, 11) is 0. The summed E-state index contributed by atoms with van der Waals surface area (Å²) in [5.74, 6) is 0. The number of para-hydroxylation sites is 1. The number of benzene rings is 1. The quantitative estimate of drug-likeness (QED) is 0.824. The van der Waals surface area contributed by atoms with Gasteiger partial charge < -0.3 is 11.1 Å². The molecular weight excluding hydrogens is 266 g/mol. The zero-order chi connectivity index (χ0) is 14.5. The van der Waals surface area contributed by atoms with Gasteiger partial charge in [0.1, 0.15) is 10.7 Å². The van der Waals surface area contributed by atoms with E-state index in [1.54, 1.807) is 6.20 Å². The van der Waals surface area contributed by atoms with Crippen LogP contribution < -0.4 is 11.1 Å². The molecule has 2 aromatic rings. The van der Waals surface area contributed by atoms with Gasteiger partial charge in [-0.3, -0.25) is 4.98 Å². The van der Waals surface area contributed by atoms with E-state index in [1.165, 1.54) is 11.1 Å². The first-order valence-electron chi connectivity index (χ1n) is 6.80. The molecule has 0 radical (unpaired) electrons. The van der Waals surface area contributed by atoms with Crippen molar-refractivity contribution >= 4 is 28.6 Å². The van der Waals surface area contributed by atoms with Crippen LogP contribution in [0.2, 0.25) is 0 Å². The molecule has 4 heteroatoms. The van der Waals surface area contributed by atoms with E-state index in [9.17, 15) is 0 Å². The van der Waals surface area contributed by atoms with Crippen molar-refractivity contribution in [2.24, 2.45) is 5.73 Å². The lowest BCUT2D eigenvalue weighted by Crippen LogP contribution is -2.14. The van der Waals surface area contributed by atoms with Gasteiger partial charge in [0, 0.05) is 11.9 Å². The minimum atomic E-state index is 0.306.